The molecule has 2 rings (SSSR count). The predicted molar refractivity (Wildman–Crippen MR) is 69.7 cm³/mol. The van der Waals surface area contributed by atoms with Crippen LogP contribution in [0.4, 0.5) is 18.9 Å². The van der Waals surface area contributed by atoms with E-state index < -0.39 is 11.7 Å². The molecule has 2 nitrogen and oxygen atoms in total. The largest absolute Gasteiger partial charge is 0.416 e. The number of pyridine rings is 1. The second-order valence-electron chi connectivity index (χ2n) is 3.90. The highest BCUT2D eigenvalue weighted by Crippen LogP contribution is 2.32. The van der Waals surface area contributed by atoms with Gasteiger partial charge in [0.2, 0.25) is 0 Å². The summed E-state index contributed by atoms with van der Waals surface area (Å²) < 4.78 is 37.7. The molecule has 0 saturated carbocycles. The van der Waals surface area contributed by atoms with E-state index in [1.807, 2.05) is 0 Å². The number of nitrogens with zero attached hydrogens (tertiary/aromatic N) is 1. The average Bonchev–Trinajstić information content (AvgIpc) is 2.37. The normalized spacial score (nSPS) is 11.5. The molecule has 6 heteroatoms. The maximum absolute atomic E-state index is 12.6. The number of rotatable bonds is 3. The molecule has 1 aromatic heterocycles. The molecule has 1 aromatic carbocycles. The van der Waals surface area contributed by atoms with Gasteiger partial charge in [-0.1, -0.05) is 18.2 Å². The van der Waals surface area contributed by atoms with E-state index in [4.69, 9.17) is 5.73 Å². The predicted octanol–water partition coefficient (Wildman–Crippen LogP) is 3.97. The van der Waals surface area contributed by atoms with E-state index in [2.05, 4.69) is 4.98 Å². The van der Waals surface area contributed by atoms with Crippen LogP contribution in [0.3, 0.4) is 0 Å². The molecule has 0 amide bonds. The van der Waals surface area contributed by atoms with Gasteiger partial charge in [-0.05, 0) is 17.7 Å². The van der Waals surface area contributed by atoms with Crippen molar-refractivity contribution in [2.45, 2.75) is 16.8 Å². The van der Waals surface area contributed by atoms with Crippen molar-refractivity contribution in [1.82, 2.24) is 4.98 Å². The number of halogens is 3. The zero-order chi connectivity index (χ0) is 13.9. The smallest absolute Gasteiger partial charge is 0.397 e. The van der Waals surface area contributed by atoms with Gasteiger partial charge in [0.1, 0.15) is 0 Å². The first kappa shape index (κ1) is 13.7. The van der Waals surface area contributed by atoms with Gasteiger partial charge in [0.25, 0.3) is 0 Å². The molecule has 19 heavy (non-hydrogen) atoms. The van der Waals surface area contributed by atoms with Gasteiger partial charge in [0.15, 0.2) is 0 Å². The summed E-state index contributed by atoms with van der Waals surface area (Å²) in [7, 11) is 0. The molecule has 0 saturated heterocycles. The third-order valence-corrected chi connectivity index (χ3v) is 3.62. The Morgan fingerprint density at radius 1 is 1.21 bits per heavy atom. The van der Waals surface area contributed by atoms with Crippen LogP contribution in [0.15, 0.2) is 47.6 Å². The zero-order valence-corrected chi connectivity index (χ0v) is 10.6. The molecule has 0 aliphatic carbocycles. The number of benzene rings is 1. The van der Waals surface area contributed by atoms with Crippen LogP contribution < -0.4 is 5.73 Å². The van der Waals surface area contributed by atoms with E-state index >= 15 is 0 Å². The van der Waals surface area contributed by atoms with E-state index in [1.54, 1.807) is 18.3 Å². The molecular formula is C13H11F3N2S. The van der Waals surface area contributed by atoms with Gasteiger partial charge in [0, 0.05) is 16.8 Å². The minimum absolute atomic E-state index is 0.429. The van der Waals surface area contributed by atoms with Crippen LogP contribution in [0.1, 0.15) is 11.1 Å². The lowest BCUT2D eigenvalue weighted by Crippen LogP contribution is -2.04. The third kappa shape index (κ3) is 3.64. The maximum Gasteiger partial charge on any atom is 0.416 e. The highest BCUT2D eigenvalue weighted by atomic mass is 32.2. The fourth-order valence-corrected chi connectivity index (χ4v) is 2.40. The standard InChI is InChI=1S/C13H11F3N2S/c14-13(15,16)10-3-1-2-9(6-10)8-19-12-4-5-18-7-11(12)17/h1-7H,8,17H2. The van der Waals surface area contributed by atoms with Gasteiger partial charge in [0.05, 0.1) is 17.4 Å². The van der Waals surface area contributed by atoms with Crippen LogP contribution in [-0.2, 0) is 11.9 Å². The molecule has 0 unspecified atom stereocenters. The van der Waals surface area contributed by atoms with E-state index in [0.29, 0.717) is 17.0 Å². The molecule has 0 aliphatic heterocycles. The number of hydrogen-bond donors (Lipinski definition) is 1. The van der Waals surface area contributed by atoms with Crippen molar-refractivity contribution < 1.29 is 13.2 Å². The van der Waals surface area contributed by atoms with Gasteiger partial charge in [-0.2, -0.15) is 13.2 Å². The van der Waals surface area contributed by atoms with Crippen molar-refractivity contribution >= 4 is 17.4 Å². The van der Waals surface area contributed by atoms with Crippen molar-refractivity contribution in [3.05, 3.63) is 53.9 Å². The van der Waals surface area contributed by atoms with Crippen LogP contribution >= 0.6 is 11.8 Å². The van der Waals surface area contributed by atoms with Crippen LogP contribution in [-0.4, -0.2) is 4.98 Å². The average molecular weight is 284 g/mol. The Labute approximate surface area is 112 Å². The van der Waals surface area contributed by atoms with E-state index in [-0.39, 0.29) is 0 Å². The van der Waals surface area contributed by atoms with Gasteiger partial charge in [-0.15, -0.1) is 11.8 Å². The molecular weight excluding hydrogens is 273 g/mol. The summed E-state index contributed by atoms with van der Waals surface area (Å²) in [4.78, 5) is 4.67. The van der Waals surface area contributed by atoms with Gasteiger partial charge in [-0.25, -0.2) is 0 Å². The number of thioether (sulfide) groups is 1. The Morgan fingerprint density at radius 3 is 2.68 bits per heavy atom. The van der Waals surface area contributed by atoms with Gasteiger partial charge in [-0.3, -0.25) is 4.98 Å². The molecule has 0 spiro atoms. The third-order valence-electron chi connectivity index (χ3n) is 2.46. The Bertz CT molecular complexity index is 570. The monoisotopic (exact) mass is 284 g/mol. The Balaban J connectivity index is 2.10. The number of hydrogen-bond acceptors (Lipinski definition) is 3. The Morgan fingerprint density at radius 2 is 2.00 bits per heavy atom. The minimum Gasteiger partial charge on any atom is -0.397 e. The zero-order valence-electron chi connectivity index (χ0n) is 9.82. The molecule has 100 valence electrons. The molecule has 0 bridgehead atoms. The molecule has 0 atom stereocenters. The van der Waals surface area contributed by atoms with Crippen molar-refractivity contribution in [3.63, 3.8) is 0 Å². The van der Waals surface area contributed by atoms with Crippen LogP contribution in [0.2, 0.25) is 0 Å². The minimum atomic E-state index is -4.31. The first-order valence-electron chi connectivity index (χ1n) is 5.45. The van der Waals surface area contributed by atoms with E-state index in [1.165, 1.54) is 24.0 Å². The highest BCUT2D eigenvalue weighted by molar-refractivity contribution is 7.98. The summed E-state index contributed by atoms with van der Waals surface area (Å²) in [6.45, 7) is 0. The molecule has 0 radical (unpaired) electrons. The molecule has 0 aliphatic rings. The quantitative estimate of drug-likeness (QED) is 0.867. The fourth-order valence-electron chi connectivity index (χ4n) is 1.52. The lowest BCUT2D eigenvalue weighted by Gasteiger charge is -2.09. The van der Waals surface area contributed by atoms with Crippen molar-refractivity contribution in [2.24, 2.45) is 0 Å². The first-order chi connectivity index (χ1) is 8.97. The second kappa shape index (κ2) is 5.52. The molecule has 2 N–H and O–H groups in total. The number of nitrogen functional groups attached to an aromatic ring is 1. The van der Waals surface area contributed by atoms with Crippen LogP contribution in [0, 0.1) is 0 Å². The summed E-state index contributed by atoms with van der Waals surface area (Å²) >= 11 is 1.39. The van der Waals surface area contributed by atoms with Gasteiger partial charge >= 0.3 is 6.18 Å². The highest BCUT2D eigenvalue weighted by Gasteiger charge is 2.30. The SMILES string of the molecule is Nc1cnccc1SCc1cccc(C(F)(F)F)c1. The van der Waals surface area contributed by atoms with E-state index in [0.717, 1.165) is 17.0 Å². The summed E-state index contributed by atoms with van der Waals surface area (Å²) in [5.74, 6) is 0.429. The number of anilines is 1. The summed E-state index contributed by atoms with van der Waals surface area (Å²) in [6, 6.07) is 7.04. The first-order valence-corrected chi connectivity index (χ1v) is 6.44. The second-order valence-corrected chi connectivity index (χ2v) is 4.92. The molecule has 2 aromatic rings. The number of nitrogens with two attached hydrogens (primary N) is 1. The molecule has 1 heterocycles. The van der Waals surface area contributed by atoms with Crippen molar-refractivity contribution in [3.8, 4) is 0 Å². The fraction of sp³-hybridized carbons (Fsp3) is 0.154. The summed E-state index contributed by atoms with van der Waals surface area (Å²) in [5.41, 5.74) is 6.22. The van der Waals surface area contributed by atoms with E-state index in [9.17, 15) is 13.2 Å². The number of alkyl halides is 3. The van der Waals surface area contributed by atoms with Crippen molar-refractivity contribution in [2.75, 3.05) is 5.73 Å². The Hall–Kier alpha value is -1.69. The lowest BCUT2D eigenvalue weighted by atomic mass is 10.1. The van der Waals surface area contributed by atoms with Gasteiger partial charge < -0.3 is 5.73 Å². The molecule has 0 fully saturated rings. The topological polar surface area (TPSA) is 38.9 Å². The maximum atomic E-state index is 12.6. The summed E-state index contributed by atoms with van der Waals surface area (Å²) in [5, 5.41) is 0. The lowest BCUT2D eigenvalue weighted by molar-refractivity contribution is -0.137. The van der Waals surface area contributed by atoms with Crippen LogP contribution in [0.25, 0.3) is 0 Å². The number of aromatic nitrogens is 1. The Kier molecular flexibility index (Phi) is 3.99. The van der Waals surface area contributed by atoms with Crippen molar-refractivity contribution in [1.29, 1.82) is 0 Å². The summed E-state index contributed by atoms with van der Waals surface area (Å²) in [6.07, 6.45) is -1.18. The van der Waals surface area contributed by atoms with Crippen LogP contribution in [0.5, 0.6) is 0 Å².